The van der Waals surface area contributed by atoms with E-state index in [-0.39, 0.29) is 12.6 Å². The molecule has 0 spiro atoms. The van der Waals surface area contributed by atoms with Crippen molar-refractivity contribution < 1.29 is 9.90 Å². The summed E-state index contributed by atoms with van der Waals surface area (Å²) in [6.45, 7) is 1.06. The van der Waals surface area contributed by atoms with Crippen molar-refractivity contribution in [3.8, 4) is 0 Å². The van der Waals surface area contributed by atoms with Gasteiger partial charge in [0, 0.05) is 12.7 Å². The lowest BCUT2D eigenvalue weighted by Gasteiger charge is -2.09. The predicted octanol–water partition coefficient (Wildman–Crippen LogP) is 2.53. The van der Waals surface area contributed by atoms with Gasteiger partial charge < -0.3 is 15.7 Å². The van der Waals surface area contributed by atoms with Crippen LogP contribution in [0, 0.1) is 0 Å². The third-order valence-electron chi connectivity index (χ3n) is 4.70. The van der Waals surface area contributed by atoms with Gasteiger partial charge in [-0.3, -0.25) is 4.68 Å². The van der Waals surface area contributed by atoms with Gasteiger partial charge >= 0.3 is 6.03 Å². The number of nitrogens with one attached hydrogen (secondary N) is 2. The van der Waals surface area contributed by atoms with E-state index in [0.29, 0.717) is 19.1 Å². The van der Waals surface area contributed by atoms with E-state index >= 15 is 0 Å². The van der Waals surface area contributed by atoms with Gasteiger partial charge in [-0.1, -0.05) is 37.1 Å². The molecule has 1 aromatic carbocycles. The Morgan fingerprint density at radius 2 is 1.84 bits per heavy atom. The number of carbonyl (C=O) groups excluding carboxylic acids is 1. The molecule has 1 fully saturated rings. The van der Waals surface area contributed by atoms with E-state index in [0.717, 1.165) is 23.2 Å². The summed E-state index contributed by atoms with van der Waals surface area (Å²) in [5, 5.41) is 19.3. The molecule has 134 valence electrons. The number of urea groups is 1. The molecule has 3 rings (SSSR count). The number of rotatable bonds is 7. The van der Waals surface area contributed by atoms with E-state index in [1.54, 1.807) is 0 Å². The minimum absolute atomic E-state index is 0.0530. The predicted molar refractivity (Wildman–Crippen MR) is 96.0 cm³/mol. The standard InChI is InChI=1S/C19H26N4O2/c24-14-16-7-5-15(6-8-16)9-11-20-19(25)21-13-17-10-12-23(22-17)18-3-1-2-4-18/h5-8,10,12,18,24H,1-4,9,11,13-14H2,(H2,20,21,25). The number of amides is 2. The second-order valence-corrected chi connectivity index (χ2v) is 6.56. The van der Waals surface area contributed by atoms with Crippen LogP contribution in [-0.2, 0) is 19.6 Å². The first-order valence-electron chi connectivity index (χ1n) is 8.99. The van der Waals surface area contributed by atoms with Gasteiger partial charge in [0.1, 0.15) is 0 Å². The third-order valence-corrected chi connectivity index (χ3v) is 4.70. The van der Waals surface area contributed by atoms with Gasteiger partial charge in [0.05, 0.1) is 24.9 Å². The van der Waals surface area contributed by atoms with Crippen molar-refractivity contribution in [2.24, 2.45) is 0 Å². The highest BCUT2D eigenvalue weighted by Gasteiger charge is 2.17. The quantitative estimate of drug-likeness (QED) is 0.723. The van der Waals surface area contributed by atoms with Gasteiger partial charge in [-0.25, -0.2) is 4.79 Å². The molecule has 0 aliphatic heterocycles. The van der Waals surface area contributed by atoms with Crippen molar-refractivity contribution in [2.75, 3.05) is 6.54 Å². The Bertz CT molecular complexity index is 675. The molecule has 1 saturated carbocycles. The molecular formula is C19H26N4O2. The SMILES string of the molecule is O=C(NCCc1ccc(CO)cc1)NCc1ccn(C2CCCC2)n1. The molecule has 1 aliphatic rings. The van der Waals surface area contributed by atoms with Crippen LogP contribution in [0.4, 0.5) is 4.79 Å². The van der Waals surface area contributed by atoms with E-state index in [2.05, 4.69) is 15.7 Å². The summed E-state index contributed by atoms with van der Waals surface area (Å²) in [7, 11) is 0. The lowest BCUT2D eigenvalue weighted by molar-refractivity contribution is 0.240. The van der Waals surface area contributed by atoms with Gasteiger partial charge in [0.2, 0.25) is 0 Å². The summed E-state index contributed by atoms with van der Waals surface area (Å²) in [6.07, 6.45) is 7.74. The highest BCUT2D eigenvalue weighted by Crippen LogP contribution is 2.28. The Balaban J connectivity index is 1.36. The van der Waals surface area contributed by atoms with Crippen LogP contribution in [0.15, 0.2) is 36.5 Å². The molecule has 25 heavy (non-hydrogen) atoms. The fourth-order valence-electron chi connectivity index (χ4n) is 3.21. The Morgan fingerprint density at radius 3 is 2.56 bits per heavy atom. The van der Waals surface area contributed by atoms with Crippen LogP contribution in [0.5, 0.6) is 0 Å². The maximum absolute atomic E-state index is 11.9. The molecule has 6 nitrogen and oxygen atoms in total. The van der Waals surface area contributed by atoms with Gasteiger partial charge in [-0.2, -0.15) is 5.10 Å². The van der Waals surface area contributed by atoms with E-state index in [1.807, 2.05) is 41.2 Å². The van der Waals surface area contributed by atoms with Crippen LogP contribution >= 0.6 is 0 Å². The molecule has 2 amide bonds. The summed E-state index contributed by atoms with van der Waals surface area (Å²) >= 11 is 0. The molecule has 6 heteroatoms. The zero-order valence-electron chi connectivity index (χ0n) is 14.4. The highest BCUT2D eigenvalue weighted by molar-refractivity contribution is 5.73. The molecule has 1 aliphatic carbocycles. The minimum Gasteiger partial charge on any atom is -0.392 e. The average molecular weight is 342 g/mol. The molecule has 0 unspecified atom stereocenters. The van der Waals surface area contributed by atoms with Crippen LogP contribution in [0.1, 0.15) is 48.5 Å². The third kappa shape index (κ3) is 5.06. The maximum Gasteiger partial charge on any atom is 0.315 e. The summed E-state index contributed by atoms with van der Waals surface area (Å²) in [5.74, 6) is 0. The number of aliphatic hydroxyl groups excluding tert-OH is 1. The zero-order chi connectivity index (χ0) is 17.5. The zero-order valence-corrected chi connectivity index (χ0v) is 14.4. The number of aliphatic hydroxyl groups is 1. The summed E-state index contributed by atoms with van der Waals surface area (Å²) in [4.78, 5) is 11.9. The van der Waals surface area contributed by atoms with E-state index in [4.69, 9.17) is 5.11 Å². The summed E-state index contributed by atoms with van der Waals surface area (Å²) < 4.78 is 2.04. The van der Waals surface area contributed by atoms with E-state index in [9.17, 15) is 4.79 Å². The molecule has 0 radical (unpaired) electrons. The monoisotopic (exact) mass is 342 g/mol. The first-order chi connectivity index (χ1) is 12.2. The fourth-order valence-corrected chi connectivity index (χ4v) is 3.21. The molecule has 1 aromatic heterocycles. The largest absolute Gasteiger partial charge is 0.392 e. The number of benzene rings is 1. The normalized spacial score (nSPS) is 14.6. The number of aromatic nitrogens is 2. The highest BCUT2D eigenvalue weighted by atomic mass is 16.3. The van der Waals surface area contributed by atoms with Crippen LogP contribution in [0.3, 0.4) is 0 Å². The van der Waals surface area contributed by atoms with Crippen LogP contribution in [0.2, 0.25) is 0 Å². The summed E-state index contributed by atoms with van der Waals surface area (Å²) in [6, 6.07) is 10.1. The fraction of sp³-hybridized carbons (Fsp3) is 0.474. The van der Waals surface area contributed by atoms with E-state index in [1.165, 1.54) is 25.7 Å². The molecule has 3 N–H and O–H groups in total. The number of hydrogen-bond donors (Lipinski definition) is 3. The first kappa shape index (κ1) is 17.5. The molecular weight excluding hydrogens is 316 g/mol. The maximum atomic E-state index is 11.9. The first-order valence-corrected chi connectivity index (χ1v) is 8.99. The Labute approximate surface area is 148 Å². The van der Waals surface area contributed by atoms with Gasteiger partial charge in [-0.05, 0) is 36.5 Å². The number of nitrogens with zero attached hydrogens (tertiary/aromatic N) is 2. The van der Waals surface area contributed by atoms with Crippen LogP contribution in [0.25, 0.3) is 0 Å². The second-order valence-electron chi connectivity index (χ2n) is 6.56. The van der Waals surface area contributed by atoms with Crippen LogP contribution < -0.4 is 10.6 Å². The van der Waals surface area contributed by atoms with Crippen molar-refractivity contribution in [2.45, 2.75) is 51.3 Å². The lowest BCUT2D eigenvalue weighted by Crippen LogP contribution is -2.36. The van der Waals surface area contributed by atoms with Gasteiger partial charge in [0.25, 0.3) is 0 Å². The van der Waals surface area contributed by atoms with Crippen molar-refractivity contribution >= 4 is 6.03 Å². The lowest BCUT2D eigenvalue weighted by atomic mass is 10.1. The molecule has 0 bridgehead atoms. The molecule has 0 atom stereocenters. The van der Waals surface area contributed by atoms with Crippen molar-refractivity contribution in [1.29, 1.82) is 0 Å². The van der Waals surface area contributed by atoms with Crippen LogP contribution in [-0.4, -0.2) is 27.5 Å². The Hall–Kier alpha value is -2.34. The smallest absolute Gasteiger partial charge is 0.315 e. The summed E-state index contributed by atoms with van der Waals surface area (Å²) in [5.41, 5.74) is 2.92. The van der Waals surface area contributed by atoms with Gasteiger partial charge in [0.15, 0.2) is 0 Å². The van der Waals surface area contributed by atoms with Gasteiger partial charge in [-0.15, -0.1) is 0 Å². The van der Waals surface area contributed by atoms with Crippen molar-refractivity contribution in [3.05, 3.63) is 53.3 Å². The second kappa shape index (κ2) is 8.67. The van der Waals surface area contributed by atoms with Crippen molar-refractivity contribution in [1.82, 2.24) is 20.4 Å². The minimum atomic E-state index is -0.178. The van der Waals surface area contributed by atoms with E-state index < -0.39 is 0 Å². The Morgan fingerprint density at radius 1 is 1.12 bits per heavy atom. The number of carbonyl (C=O) groups is 1. The number of hydrogen-bond acceptors (Lipinski definition) is 3. The topological polar surface area (TPSA) is 79.2 Å². The molecule has 0 saturated heterocycles. The van der Waals surface area contributed by atoms with Crippen molar-refractivity contribution in [3.63, 3.8) is 0 Å². The molecule has 2 aromatic rings. The molecule has 1 heterocycles. The Kier molecular flexibility index (Phi) is 6.06. The average Bonchev–Trinajstić information content (AvgIpc) is 3.32.